The van der Waals surface area contributed by atoms with Gasteiger partial charge in [0.15, 0.2) is 5.58 Å². The number of nitrogens with zero attached hydrogens (tertiary/aromatic N) is 4. The van der Waals surface area contributed by atoms with Gasteiger partial charge in [-0.05, 0) is 25.1 Å². The third-order valence-electron chi connectivity index (χ3n) is 4.43. The summed E-state index contributed by atoms with van der Waals surface area (Å²) >= 11 is 0. The number of aryl methyl sites for hydroxylation is 1. The number of hydrogen-bond acceptors (Lipinski definition) is 6. The van der Waals surface area contributed by atoms with Gasteiger partial charge in [0, 0.05) is 19.0 Å². The van der Waals surface area contributed by atoms with Gasteiger partial charge in [-0.2, -0.15) is 5.10 Å². The molecule has 1 aromatic carbocycles. The predicted octanol–water partition coefficient (Wildman–Crippen LogP) is 1.37. The zero-order valence-corrected chi connectivity index (χ0v) is 14.3. The average Bonchev–Trinajstić information content (AvgIpc) is 3.22. The normalized spacial score (nSPS) is 17.0. The molecule has 8 nitrogen and oxygen atoms in total. The first-order valence-corrected chi connectivity index (χ1v) is 8.43. The van der Waals surface area contributed by atoms with Gasteiger partial charge >= 0.3 is 5.76 Å². The summed E-state index contributed by atoms with van der Waals surface area (Å²) in [5.41, 5.74) is 1.91. The number of fused-ring (bicyclic) bond motifs is 1. The summed E-state index contributed by atoms with van der Waals surface area (Å²) in [6, 6.07) is 10.7. The van der Waals surface area contributed by atoms with Crippen molar-refractivity contribution in [1.82, 2.24) is 19.7 Å². The highest BCUT2D eigenvalue weighted by Crippen LogP contribution is 2.17. The molecule has 1 saturated heterocycles. The third-order valence-corrected chi connectivity index (χ3v) is 4.43. The van der Waals surface area contributed by atoms with Crippen LogP contribution in [0.2, 0.25) is 0 Å². The molecule has 0 N–H and O–H groups in total. The highest BCUT2D eigenvalue weighted by molar-refractivity contribution is 5.79. The Morgan fingerprint density at radius 1 is 1.27 bits per heavy atom. The van der Waals surface area contributed by atoms with E-state index < -0.39 is 5.76 Å². The van der Waals surface area contributed by atoms with Crippen molar-refractivity contribution < 1.29 is 13.9 Å². The Bertz CT molecular complexity index is 992. The van der Waals surface area contributed by atoms with Crippen molar-refractivity contribution in [1.29, 1.82) is 0 Å². The van der Waals surface area contributed by atoms with Crippen molar-refractivity contribution >= 4 is 17.0 Å². The number of carbonyl (C=O) groups excluding carboxylic acids is 1. The van der Waals surface area contributed by atoms with E-state index in [4.69, 9.17) is 9.15 Å². The Morgan fingerprint density at radius 3 is 2.92 bits per heavy atom. The molecule has 1 aliphatic rings. The van der Waals surface area contributed by atoms with Gasteiger partial charge in [0.2, 0.25) is 11.8 Å². The topological polar surface area (TPSA) is 90.5 Å². The van der Waals surface area contributed by atoms with Crippen LogP contribution in [0.25, 0.3) is 11.1 Å². The van der Waals surface area contributed by atoms with Gasteiger partial charge in [-0.15, -0.1) is 5.10 Å². The molecule has 0 unspecified atom stereocenters. The largest absolute Gasteiger partial charge is 0.471 e. The Morgan fingerprint density at radius 2 is 2.12 bits per heavy atom. The molecule has 3 aromatic rings. The van der Waals surface area contributed by atoms with E-state index in [0.29, 0.717) is 36.5 Å². The van der Waals surface area contributed by atoms with Crippen LogP contribution in [-0.4, -0.2) is 44.8 Å². The number of hydrogen-bond donors (Lipinski definition) is 0. The van der Waals surface area contributed by atoms with E-state index in [0.717, 1.165) is 5.69 Å². The minimum atomic E-state index is -0.526. The van der Waals surface area contributed by atoms with Gasteiger partial charge in [-0.25, -0.2) is 4.79 Å². The van der Waals surface area contributed by atoms with E-state index in [-0.39, 0.29) is 18.6 Å². The quantitative estimate of drug-likeness (QED) is 0.703. The van der Waals surface area contributed by atoms with Gasteiger partial charge in [0.25, 0.3) is 0 Å². The van der Waals surface area contributed by atoms with Crippen LogP contribution < -0.4 is 10.5 Å². The van der Waals surface area contributed by atoms with Gasteiger partial charge in [0.1, 0.15) is 12.6 Å². The van der Waals surface area contributed by atoms with Crippen molar-refractivity contribution in [2.75, 3.05) is 13.1 Å². The lowest BCUT2D eigenvalue weighted by atomic mass is 10.3. The fourth-order valence-corrected chi connectivity index (χ4v) is 3.07. The Labute approximate surface area is 149 Å². The third kappa shape index (κ3) is 3.17. The molecule has 0 spiro atoms. The first-order chi connectivity index (χ1) is 12.6. The summed E-state index contributed by atoms with van der Waals surface area (Å²) < 4.78 is 12.3. The molecule has 8 heteroatoms. The first-order valence-electron chi connectivity index (χ1n) is 8.43. The Balaban J connectivity index is 1.42. The molecule has 0 saturated carbocycles. The lowest BCUT2D eigenvalue weighted by Crippen LogP contribution is -2.35. The van der Waals surface area contributed by atoms with Crippen molar-refractivity contribution in [3.8, 4) is 5.88 Å². The van der Waals surface area contributed by atoms with Crippen LogP contribution in [0.1, 0.15) is 12.1 Å². The van der Waals surface area contributed by atoms with Crippen LogP contribution in [0.4, 0.5) is 0 Å². The van der Waals surface area contributed by atoms with Crippen LogP contribution in [0, 0.1) is 6.92 Å². The highest BCUT2D eigenvalue weighted by Gasteiger charge is 2.28. The van der Waals surface area contributed by atoms with E-state index in [1.807, 2.05) is 13.0 Å². The number of rotatable bonds is 4. The number of ether oxygens (including phenoxy) is 1. The maximum absolute atomic E-state index is 12.6. The summed E-state index contributed by atoms with van der Waals surface area (Å²) in [6.45, 7) is 2.84. The van der Waals surface area contributed by atoms with E-state index >= 15 is 0 Å². The van der Waals surface area contributed by atoms with Crippen molar-refractivity contribution in [2.45, 2.75) is 26.0 Å². The van der Waals surface area contributed by atoms with E-state index in [9.17, 15) is 9.59 Å². The molecule has 26 heavy (non-hydrogen) atoms. The first kappa shape index (κ1) is 16.3. The molecule has 1 fully saturated rings. The molecule has 0 aliphatic carbocycles. The zero-order valence-electron chi connectivity index (χ0n) is 14.3. The van der Waals surface area contributed by atoms with Gasteiger partial charge in [-0.1, -0.05) is 12.1 Å². The maximum atomic E-state index is 12.6. The lowest BCUT2D eigenvalue weighted by molar-refractivity contribution is -0.131. The fourth-order valence-electron chi connectivity index (χ4n) is 3.07. The second kappa shape index (κ2) is 6.62. The standard InChI is InChI=1S/C18H18N4O4/c1-12-6-7-16(20-19-12)25-13-8-9-21(10-13)17(23)11-22-14-4-2-3-5-15(14)26-18(22)24/h2-7,13H,8-11H2,1H3/t13-/m1/s1. The van der Waals surface area contributed by atoms with Crippen LogP contribution in [0.3, 0.4) is 0 Å². The molecule has 1 aliphatic heterocycles. The van der Waals surface area contributed by atoms with Crippen molar-refractivity contribution in [3.63, 3.8) is 0 Å². The SMILES string of the molecule is Cc1ccc(O[C@@H]2CCN(C(=O)Cn3c(=O)oc4ccccc43)C2)nn1. The lowest BCUT2D eigenvalue weighted by Gasteiger charge is -2.17. The average molecular weight is 354 g/mol. The van der Waals surface area contributed by atoms with Crippen LogP contribution in [-0.2, 0) is 11.3 Å². The Hall–Kier alpha value is -3.16. The zero-order chi connectivity index (χ0) is 18.1. The van der Waals surface area contributed by atoms with Gasteiger partial charge < -0.3 is 14.1 Å². The number of benzene rings is 1. The molecule has 1 atom stereocenters. The number of amides is 1. The fraction of sp³-hybridized carbons (Fsp3) is 0.333. The maximum Gasteiger partial charge on any atom is 0.420 e. The van der Waals surface area contributed by atoms with Crippen molar-refractivity contribution in [2.24, 2.45) is 0 Å². The number of carbonyl (C=O) groups is 1. The Kier molecular flexibility index (Phi) is 4.16. The molecular formula is C18H18N4O4. The molecule has 0 radical (unpaired) electrons. The van der Waals surface area contributed by atoms with Gasteiger partial charge in [-0.3, -0.25) is 9.36 Å². The van der Waals surface area contributed by atoms with E-state index in [1.165, 1.54) is 4.57 Å². The second-order valence-corrected chi connectivity index (χ2v) is 6.30. The minimum Gasteiger partial charge on any atom is -0.471 e. The predicted molar refractivity (Wildman–Crippen MR) is 92.9 cm³/mol. The number of aromatic nitrogens is 3. The molecule has 1 amide bonds. The van der Waals surface area contributed by atoms with E-state index in [1.54, 1.807) is 35.2 Å². The molecule has 134 valence electrons. The summed E-state index contributed by atoms with van der Waals surface area (Å²) in [5, 5.41) is 7.94. The van der Waals surface area contributed by atoms with Crippen LogP contribution >= 0.6 is 0 Å². The summed E-state index contributed by atoms with van der Waals surface area (Å²) in [5.74, 6) is -0.215. The smallest absolute Gasteiger partial charge is 0.420 e. The van der Waals surface area contributed by atoms with Crippen molar-refractivity contribution in [3.05, 3.63) is 52.6 Å². The highest BCUT2D eigenvalue weighted by atomic mass is 16.5. The molecule has 0 bridgehead atoms. The number of oxazole rings is 1. The number of para-hydroxylation sites is 2. The summed E-state index contributed by atoms with van der Waals surface area (Å²) in [6.07, 6.45) is 0.580. The molecule has 2 aromatic heterocycles. The summed E-state index contributed by atoms with van der Waals surface area (Å²) in [7, 11) is 0. The molecule has 4 rings (SSSR count). The second-order valence-electron chi connectivity index (χ2n) is 6.30. The minimum absolute atomic E-state index is 0.0487. The molecular weight excluding hydrogens is 336 g/mol. The van der Waals surface area contributed by atoms with Crippen LogP contribution in [0.5, 0.6) is 5.88 Å². The van der Waals surface area contributed by atoms with Crippen LogP contribution in [0.15, 0.2) is 45.6 Å². The summed E-state index contributed by atoms with van der Waals surface area (Å²) in [4.78, 5) is 26.3. The van der Waals surface area contributed by atoms with Gasteiger partial charge in [0.05, 0.1) is 17.8 Å². The molecule has 3 heterocycles. The van der Waals surface area contributed by atoms with E-state index in [2.05, 4.69) is 10.2 Å². The number of likely N-dealkylation sites (tertiary alicyclic amines) is 1. The monoisotopic (exact) mass is 354 g/mol.